The number of hydroxylamine groups is 2. The minimum Gasteiger partial charge on any atom is -0.464 e. The molecule has 0 saturated heterocycles. The molecule has 0 N–H and O–H groups in total. The van der Waals surface area contributed by atoms with E-state index in [1.54, 1.807) is 6.92 Å². The fourth-order valence-corrected chi connectivity index (χ4v) is 1.82. The molecule has 1 aromatic rings. The summed E-state index contributed by atoms with van der Waals surface area (Å²) >= 11 is 0. The molecule has 0 fully saturated rings. The predicted octanol–water partition coefficient (Wildman–Crippen LogP) is 1.49. The van der Waals surface area contributed by atoms with E-state index in [-0.39, 0.29) is 13.0 Å². The van der Waals surface area contributed by atoms with Crippen LogP contribution in [-0.4, -0.2) is 35.6 Å². The Morgan fingerprint density at radius 3 is 2.24 bits per heavy atom. The zero-order valence-corrected chi connectivity index (χ0v) is 12.4. The minimum absolute atomic E-state index is 0.177. The smallest absolute Gasteiger partial charge is 0.332 e. The average molecular weight is 293 g/mol. The Morgan fingerprint density at radius 2 is 1.76 bits per heavy atom. The average Bonchev–Trinajstić information content (AvgIpc) is 2.43. The van der Waals surface area contributed by atoms with E-state index in [1.165, 1.54) is 13.8 Å². The SMILES string of the molecule is CCOC(=O)C(Cc1ccccc1)N(OC(C)=O)C(C)=O. The first-order valence-electron chi connectivity index (χ1n) is 6.64. The quantitative estimate of drug-likeness (QED) is 0.607. The van der Waals surface area contributed by atoms with Crippen LogP contribution in [0.2, 0.25) is 0 Å². The highest BCUT2D eigenvalue weighted by Gasteiger charge is 2.32. The molecule has 1 rings (SSSR count). The Kier molecular flexibility index (Phi) is 6.39. The summed E-state index contributed by atoms with van der Waals surface area (Å²) in [5.41, 5.74) is 0.828. The van der Waals surface area contributed by atoms with Crippen LogP contribution in [0.3, 0.4) is 0 Å². The van der Waals surface area contributed by atoms with Crippen LogP contribution >= 0.6 is 0 Å². The summed E-state index contributed by atoms with van der Waals surface area (Å²) in [7, 11) is 0. The van der Waals surface area contributed by atoms with Crippen molar-refractivity contribution in [3.05, 3.63) is 35.9 Å². The monoisotopic (exact) mass is 293 g/mol. The highest BCUT2D eigenvalue weighted by molar-refractivity contribution is 5.84. The Morgan fingerprint density at radius 1 is 1.14 bits per heavy atom. The normalized spacial score (nSPS) is 11.4. The van der Waals surface area contributed by atoms with Gasteiger partial charge in [-0.25, -0.2) is 4.79 Å². The fraction of sp³-hybridized carbons (Fsp3) is 0.400. The van der Waals surface area contributed by atoms with E-state index in [4.69, 9.17) is 9.57 Å². The molecule has 0 aliphatic rings. The van der Waals surface area contributed by atoms with Crippen molar-refractivity contribution in [3.63, 3.8) is 0 Å². The van der Waals surface area contributed by atoms with Crippen molar-refractivity contribution >= 4 is 17.8 Å². The maximum atomic E-state index is 12.1. The molecular formula is C15H19NO5. The zero-order chi connectivity index (χ0) is 15.8. The molecule has 1 aromatic carbocycles. The van der Waals surface area contributed by atoms with Crippen LogP contribution in [-0.2, 0) is 30.4 Å². The van der Waals surface area contributed by atoms with Gasteiger partial charge in [0.15, 0.2) is 6.04 Å². The summed E-state index contributed by atoms with van der Waals surface area (Å²) in [6, 6.07) is 8.12. The van der Waals surface area contributed by atoms with Crippen molar-refractivity contribution < 1.29 is 24.0 Å². The van der Waals surface area contributed by atoms with E-state index >= 15 is 0 Å². The van der Waals surface area contributed by atoms with E-state index in [1.807, 2.05) is 30.3 Å². The van der Waals surface area contributed by atoms with E-state index in [0.717, 1.165) is 10.6 Å². The van der Waals surface area contributed by atoms with Gasteiger partial charge in [0.05, 0.1) is 6.61 Å². The van der Waals surface area contributed by atoms with Crippen LogP contribution in [0.15, 0.2) is 30.3 Å². The van der Waals surface area contributed by atoms with Gasteiger partial charge in [-0.15, -0.1) is 0 Å². The molecule has 1 unspecified atom stereocenters. The third-order valence-corrected chi connectivity index (χ3v) is 2.65. The Balaban J connectivity index is 3.01. The molecule has 0 heterocycles. The number of amides is 1. The second kappa shape index (κ2) is 8.04. The Labute approximate surface area is 123 Å². The van der Waals surface area contributed by atoms with Crippen molar-refractivity contribution in [2.45, 2.75) is 33.2 Å². The van der Waals surface area contributed by atoms with Crippen LogP contribution in [0.5, 0.6) is 0 Å². The maximum absolute atomic E-state index is 12.1. The molecule has 6 heteroatoms. The van der Waals surface area contributed by atoms with E-state index in [2.05, 4.69) is 0 Å². The van der Waals surface area contributed by atoms with Gasteiger partial charge in [0.2, 0.25) is 0 Å². The van der Waals surface area contributed by atoms with Crippen LogP contribution in [0.1, 0.15) is 26.3 Å². The lowest BCUT2D eigenvalue weighted by atomic mass is 10.1. The predicted molar refractivity (Wildman–Crippen MR) is 74.9 cm³/mol. The summed E-state index contributed by atoms with van der Waals surface area (Å²) in [5, 5.41) is 0.771. The maximum Gasteiger partial charge on any atom is 0.332 e. The number of benzene rings is 1. The van der Waals surface area contributed by atoms with E-state index in [9.17, 15) is 14.4 Å². The lowest BCUT2D eigenvalue weighted by molar-refractivity contribution is -0.209. The molecule has 21 heavy (non-hydrogen) atoms. The first-order valence-corrected chi connectivity index (χ1v) is 6.64. The molecule has 1 atom stereocenters. The van der Waals surface area contributed by atoms with E-state index < -0.39 is 23.9 Å². The topological polar surface area (TPSA) is 72.9 Å². The summed E-state index contributed by atoms with van der Waals surface area (Å²) in [6.45, 7) is 4.23. The van der Waals surface area contributed by atoms with Gasteiger partial charge in [-0.3, -0.25) is 9.59 Å². The molecule has 0 radical (unpaired) electrons. The molecule has 1 amide bonds. The third kappa shape index (κ3) is 5.25. The lowest BCUT2D eigenvalue weighted by Crippen LogP contribution is -2.47. The molecular weight excluding hydrogens is 274 g/mol. The minimum atomic E-state index is -1.01. The zero-order valence-electron chi connectivity index (χ0n) is 12.4. The number of rotatable bonds is 5. The Hall–Kier alpha value is -2.37. The van der Waals surface area contributed by atoms with Crippen molar-refractivity contribution in [1.82, 2.24) is 5.06 Å². The van der Waals surface area contributed by atoms with Gasteiger partial charge < -0.3 is 9.57 Å². The molecule has 0 aliphatic heterocycles. The molecule has 0 bridgehead atoms. The van der Waals surface area contributed by atoms with Gasteiger partial charge in [-0.2, -0.15) is 5.06 Å². The number of carbonyl (C=O) groups excluding carboxylic acids is 3. The molecule has 0 saturated carbocycles. The largest absolute Gasteiger partial charge is 0.464 e. The molecule has 0 spiro atoms. The van der Waals surface area contributed by atoms with Crippen LogP contribution in [0.4, 0.5) is 0 Å². The summed E-state index contributed by atoms with van der Waals surface area (Å²) in [5.74, 6) is -1.83. The molecule has 0 aromatic heterocycles. The summed E-state index contributed by atoms with van der Waals surface area (Å²) < 4.78 is 4.96. The second-order valence-electron chi connectivity index (χ2n) is 4.39. The summed E-state index contributed by atoms with van der Waals surface area (Å²) in [6.07, 6.45) is 0.201. The number of nitrogens with zero attached hydrogens (tertiary/aromatic N) is 1. The lowest BCUT2D eigenvalue weighted by Gasteiger charge is -2.27. The van der Waals surface area contributed by atoms with Gasteiger partial charge in [0.25, 0.3) is 5.91 Å². The van der Waals surface area contributed by atoms with E-state index in [0.29, 0.717) is 0 Å². The standard InChI is InChI=1S/C15H19NO5/c1-4-20-15(19)14(10-13-8-6-5-7-9-13)16(11(2)17)21-12(3)18/h5-9,14H,4,10H2,1-3H3. The molecule has 114 valence electrons. The van der Waals surface area contributed by atoms with Crippen molar-refractivity contribution in [3.8, 4) is 0 Å². The number of carbonyl (C=O) groups is 3. The third-order valence-electron chi connectivity index (χ3n) is 2.65. The Bertz CT molecular complexity index is 500. The van der Waals surface area contributed by atoms with Gasteiger partial charge in [0.1, 0.15) is 0 Å². The molecule has 6 nitrogen and oxygen atoms in total. The number of esters is 1. The number of hydrogen-bond acceptors (Lipinski definition) is 5. The highest BCUT2D eigenvalue weighted by atomic mass is 16.7. The van der Waals surface area contributed by atoms with Crippen molar-refractivity contribution in [2.75, 3.05) is 6.61 Å². The number of hydrogen-bond donors (Lipinski definition) is 0. The van der Waals surface area contributed by atoms with Gasteiger partial charge in [-0.05, 0) is 12.5 Å². The van der Waals surface area contributed by atoms with Crippen molar-refractivity contribution in [2.24, 2.45) is 0 Å². The van der Waals surface area contributed by atoms with Gasteiger partial charge in [0, 0.05) is 20.3 Å². The summed E-state index contributed by atoms with van der Waals surface area (Å²) in [4.78, 5) is 39.7. The van der Waals surface area contributed by atoms with Crippen LogP contribution < -0.4 is 0 Å². The molecule has 0 aliphatic carbocycles. The first-order chi connectivity index (χ1) is 9.95. The second-order valence-corrected chi connectivity index (χ2v) is 4.39. The fourth-order valence-electron chi connectivity index (χ4n) is 1.82. The highest BCUT2D eigenvalue weighted by Crippen LogP contribution is 2.12. The van der Waals surface area contributed by atoms with Crippen molar-refractivity contribution in [1.29, 1.82) is 0 Å². The van der Waals surface area contributed by atoms with Crippen LogP contribution in [0, 0.1) is 0 Å². The van der Waals surface area contributed by atoms with Gasteiger partial charge in [-0.1, -0.05) is 30.3 Å². The number of ether oxygens (including phenoxy) is 1. The van der Waals surface area contributed by atoms with Gasteiger partial charge >= 0.3 is 11.9 Å². The first kappa shape index (κ1) is 16.7. The van der Waals surface area contributed by atoms with Crippen LogP contribution in [0.25, 0.3) is 0 Å².